The van der Waals surface area contributed by atoms with Crippen LogP contribution in [-0.4, -0.2) is 75.9 Å². The number of esters is 1. The number of methoxy groups -OCH3 is 1. The van der Waals surface area contributed by atoms with Crippen molar-refractivity contribution in [3.05, 3.63) is 11.8 Å². The van der Waals surface area contributed by atoms with E-state index in [1.165, 1.54) is 0 Å². The van der Waals surface area contributed by atoms with Crippen LogP contribution in [-0.2, 0) is 24.5 Å². The first kappa shape index (κ1) is 27.7. The number of aliphatic hydroxyl groups excluding tert-OH is 1. The molecule has 0 aromatic carbocycles. The van der Waals surface area contributed by atoms with Crippen LogP contribution >= 0.6 is 0 Å². The van der Waals surface area contributed by atoms with Crippen LogP contribution in [0.3, 0.4) is 0 Å². The number of nitrogens with zero attached hydrogens (tertiary/aromatic N) is 4. The van der Waals surface area contributed by atoms with Crippen LogP contribution in [0, 0.1) is 17.2 Å². The molecule has 2 heterocycles. The third-order valence-corrected chi connectivity index (χ3v) is 5.88. The van der Waals surface area contributed by atoms with Gasteiger partial charge in [-0.1, -0.05) is 0 Å². The molecule has 1 saturated carbocycles. The van der Waals surface area contributed by atoms with Crippen molar-refractivity contribution in [2.45, 2.75) is 76.3 Å². The van der Waals surface area contributed by atoms with Crippen LogP contribution in [0.5, 0.6) is 0 Å². The van der Waals surface area contributed by atoms with E-state index in [4.69, 9.17) is 19.2 Å². The minimum absolute atomic E-state index is 0.0267. The Balaban J connectivity index is 1.86. The molecule has 4 amide bonds. The summed E-state index contributed by atoms with van der Waals surface area (Å²) < 4.78 is 20.9. The normalized spacial score (nSPS) is 25.8. The van der Waals surface area contributed by atoms with E-state index in [1.54, 1.807) is 27.7 Å². The summed E-state index contributed by atoms with van der Waals surface area (Å²) in [5.41, 5.74) is -2.08. The van der Waals surface area contributed by atoms with Gasteiger partial charge in [-0.25, -0.2) is 19.2 Å². The van der Waals surface area contributed by atoms with Gasteiger partial charge in [0.25, 0.3) is 0 Å². The van der Waals surface area contributed by atoms with Gasteiger partial charge in [0.1, 0.15) is 17.2 Å². The molecule has 1 aliphatic carbocycles. The van der Waals surface area contributed by atoms with E-state index in [-0.39, 0.29) is 37.0 Å². The average Bonchev–Trinajstić information content (AvgIpc) is 3.38. The standard InChI is InChI=1S/C22H30N6O9/c1-11-14(28(19(32)35-11)20(33)37-21(2,3)4)15-26-27-17(36-15)22(8-12(9-22)6-7-23)25-18(31)24-13(10-29)16(30)34-5/h11-14,29H,6,8-10H2,1-5H3,(H2,24,25,31)/t11-,12?,13+,14+,22?/m1/s1. The van der Waals surface area contributed by atoms with Crippen LogP contribution in [0.2, 0.25) is 0 Å². The second-order valence-corrected chi connectivity index (χ2v) is 9.90. The summed E-state index contributed by atoms with van der Waals surface area (Å²) in [5, 5.41) is 31.5. The molecule has 1 aromatic heterocycles. The number of imide groups is 1. The molecule has 1 aliphatic heterocycles. The lowest BCUT2D eigenvalue weighted by Gasteiger charge is -2.44. The molecule has 0 unspecified atom stereocenters. The average molecular weight is 523 g/mol. The maximum atomic E-state index is 12.7. The fourth-order valence-electron chi connectivity index (χ4n) is 4.22. The van der Waals surface area contributed by atoms with Crippen molar-refractivity contribution >= 4 is 24.2 Å². The number of carbonyl (C=O) groups excluding carboxylic acids is 4. The highest BCUT2D eigenvalue weighted by Crippen LogP contribution is 2.47. The van der Waals surface area contributed by atoms with E-state index in [1.807, 2.05) is 0 Å². The van der Waals surface area contributed by atoms with E-state index >= 15 is 0 Å². The van der Waals surface area contributed by atoms with E-state index in [2.05, 4.69) is 31.6 Å². The van der Waals surface area contributed by atoms with Gasteiger partial charge in [0.2, 0.25) is 11.8 Å². The highest BCUT2D eigenvalue weighted by molar-refractivity contribution is 5.90. The largest absolute Gasteiger partial charge is 0.467 e. The van der Waals surface area contributed by atoms with Crippen molar-refractivity contribution in [2.24, 2.45) is 5.92 Å². The summed E-state index contributed by atoms with van der Waals surface area (Å²) in [6.45, 7) is 5.79. The number of nitriles is 1. The molecular formula is C22H30N6O9. The van der Waals surface area contributed by atoms with Crippen LogP contribution in [0.4, 0.5) is 14.4 Å². The molecule has 0 bridgehead atoms. The van der Waals surface area contributed by atoms with Gasteiger partial charge in [-0.05, 0) is 46.5 Å². The molecular weight excluding hydrogens is 492 g/mol. The maximum absolute atomic E-state index is 12.7. The number of hydrogen-bond donors (Lipinski definition) is 3. The molecule has 1 aromatic rings. The lowest BCUT2D eigenvalue weighted by atomic mass is 9.67. The highest BCUT2D eigenvalue weighted by Gasteiger charge is 2.53. The van der Waals surface area contributed by atoms with Crippen molar-refractivity contribution in [3.63, 3.8) is 0 Å². The Morgan fingerprint density at radius 2 is 2.00 bits per heavy atom. The van der Waals surface area contributed by atoms with E-state index in [9.17, 15) is 24.3 Å². The Morgan fingerprint density at radius 3 is 2.57 bits per heavy atom. The molecule has 3 atom stereocenters. The Hall–Kier alpha value is -3.93. The molecule has 2 aliphatic rings. The first-order valence-electron chi connectivity index (χ1n) is 11.5. The lowest BCUT2D eigenvalue weighted by Crippen LogP contribution is -2.59. The molecule has 2 fully saturated rings. The van der Waals surface area contributed by atoms with Crippen LogP contribution in [0.15, 0.2) is 4.42 Å². The molecule has 202 valence electrons. The van der Waals surface area contributed by atoms with Crippen LogP contribution in [0.1, 0.15) is 64.8 Å². The number of aliphatic hydroxyl groups is 1. The molecule has 3 rings (SSSR count). The van der Waals surface area contributed by atoms with Gasteiger partial charge in [-0.3, -0.25) is 0 Å². The number of hydrogen-bond acceptors (Lipinski definition) is 12. The number of rotatable bonds is 7. The summed E-state index contributed by atoms with van der Waals surface area (Å²) in [6.07, 6.45) is -1.96. The smallest absolute Gasteiger partial charge is 0.420 e. The third-order valence-electron chi connectivity index (χ3n) is 5.88. The van der Waals surface area contributed by atoms with E-state index in [0.29, 0.717) is 0 Å². The Kier molecular flexibility index (Phi) is 7.91. The maximum Gasteiger partial charge on any atom is 0.420 e. The Labute approximate surface area is 212 Å². The van der Waals surface area contributed by atoms with E-state index in [0.717, 1.165) is 12.0 Å². The molecule has 37 heavy (non-hydrogen) atoms. The number of urea groups is 1. The minimum Gasteiger partial charge on any atom is -0.467 e. The van der Waals surface area contributed by atoms with Gasteiger partial charge in [-0.2, -0.15) is 10.2 Å². The number of ether oxygens (including phenoxy) is 3. The van der Waals surface area contributed by atoms with Crippen molar-refractivity contribution in [1.29, 1.82) is 5.26 Å². The second-order valence-electron chi connectivity index (χ2n) is 9.90. The topological polar surface area (TPSA) is 206 Å². The summed E-state index contributed by atoms with van der Waals surface area (Å²) in [4.78, 5) is 50.3. The predicted octanol–water partition coefficient (Wildman–Crippen LogP) is 1.24. The van der Waals surface area contributed by atoms with Crippen LogP contribution in [0.25, 0.3) is 0 Å². The Morgan fingerprint density at radius 1 is 1.32 bits per heavy atom. The lowest BCUT2D eigenvalue weighted by molar-refractivity contribution is -0.143. The number of aromatic nitrogens is 2. The van der Waals surface area contributed by atoms with Crippen molar-refractivity contribution in [3.8, 4) is 6.07 Å². The zero-order valence-corrected chi connectivity index (χ0v) is 21.1. The molecule has 3 N–H and O–H groups in total. The Bertz CT molecular complexity index is 1090. The van der Waals surface area contributed by atoms with Gasteiger partial charge >= 0.3 is 24.2 Å². The van der Waals surface area contributed by atoms with Crippen molar-refractivity contribution in [2.75, 3.05) is 13.7 Å². The van der Waals surface area contributed by atoms with Crippen molar-refractivity contribution in [1.82, 2.24) is 25.7 Å². The van der Waals surface area contributed by atoms with Gasteiger partial charge in [-0.15, -0.1) is 10.2 Å². The minimum atomic E-state index is -1.31. The summed E-state index contributed by atoms with van der Waals surface area (Å²) in [7, 11) is 1.11. The summed E-state index contributed by atoms with van der Waals surface area (Å²) in [5.74, 6) is -1.07. The third kappa shape index (κ3) is 5.91. The molecule has 0 radical (unpaired) electrons. The fraction of sp³-hybridized carbons (Fsp3) is 0.682. The van der Waals surface area contributed by atoms with E-state index < -0.39 is 60.1 Å². The zero-order chi connectivity index (χ0) is 27.5. The number of nitrogens with one attached hydrogen (secondary N) is 2. The van der Waals surface area contributed by atoms with Crippen LogP contribution < -0.4 is 10.6 Å². The first-order valence-corrected chi connectivity index (χ1v) is 11.5. The summed E-state index contributed by atoms with van der Waals surface area (Å²) >= 11 is 0. The van der Waals surface area contributed by atoms with Gasteiger partial charge < -0.3 is 34.4 Å². The highest BCUT2D eigenvalue weighted by atomic mass is 16.6. The predicted molar refractivity (Wildman–Crippen MR) is 120 cm³/mol. The molecule has 15 heteroatoms. The zero-order valence-electron chi connectivity index (χ0n) is 21.1. The van der Waals surface area contributed by atoms with Gasteiger partial charge in [0.15, 0.2) is 12.1 Å². The van der Waals surface area contributed by atoms with Crippen molar-refractivity contribution < 1.29 is 42.9 Å². The monoisotopic (exact) mass is 522 g/mol. The molecule has 15 nitrogen and oxygen atoms in total. The second kappa shape index (κ2) is 10.6. The quantitative estimate of drug-likeness (QED) is 0.341. The first-order chi connectivity index (χ1) is 17.3. The number of cyclic esters (lactones) is 1. The number of carbonyl (C=O) groups is 4. The molecule has 1 saturated heterocycles. The summed E-state index contributed by atoms with van der Waals surface area (Å²) in [6, 6.07) is -1.13. The SMILES string of the molecule is COC(=O)[C@H](CO)NC(=O)NC1(c2nnc([C@@H]3[C@@H](C)OC(=O)N3C(=O)OC(C)(C)C)o2)CC(CC#N)C1. The van der Waals surface area contributed by atoms with Gasteiger partial charge in [0.05, 0.1) is 19.8 Å². The molecule has 0 spiro atoms. The fourth-order valence-corrected chi connectivity index (χ4v) is 4.22. The van der Waals surface area contributed by atoms with Gasteiger partial charge in [0, 0.05) is 6.42 Å². The number of amides is 4.